The number of alkyl halides is 3. The van der Waals surface area contributed by atoms with Gasteiger partial charge < -0.3 is 25.2 Å². The second-order valence-electron chi connectivity index (χ2n) is 9.67. The molecule has 0 saturated heterocycles. The first kappa shape index (κ1) is 29.6. The molecule has 11 heteroatoms. The first-order valence-electron chi connectivity index (χ1n) is 12.9. The van der Waals surface area contributed by atoms with Gasteiger partial charge in [-0.25, -0.2) is 9.59 Å². The van der Waals surface area contributed by atoms with Crippen LogP contribution in [0.25, 0.3) is 11.1 Å². The van der Waals surface area contributed by atoms with E-state index in [1.807, 2.05) is 53.8 Å². The normalized spacial score (nSPS) is 14.7. The third-order valence-corrected chi connectivity index (χ3v) is 6.78. The number of rotatable bonds is 11. The van der Waals surface area contributed by atoms with Crippen molar-refractivity contribution in [3.63, 3.8) is 0 Å². The summed E-state index contributed by atoms with van der Waals surface area (Å²) in [5.41, 5.74) is 4.48. The summed E-state index contributed by atoms with van der Waals surface area (Å²) >= 11 is 0. The summed E-state index contributed by atoms with van der Waals surface area (Å²) in [4.78, 5) is 37.3. The molecule has 1 aliphatic rings. The first-order valence-corrected chi connectivity index (χ1v) is 12.9. The van der Waals surface area contributed by atoms with Crippen molar-refractivity contribution >= 4 is 18.0 Å². The van der Waals surface area contributed by atoms with Gasteiger partial charge in [0.05, 0.1) is 19.1 Å². The van der Waals surface area contributed by atoms with Gasteiger partial charge in [0.15, 0.2) is 6.04 Å². The largest absolute Gasteiger partial charge is 0.480 e. The van der Waals surface area contributed by atoms with Crippen LogP contribution in [0.1, 0.15) is 36.0 Å². The zero-order chi connectivity index (χ0) is 29.6. The number of alkyl carbamates (subject to hydrolysis) is 1. The van der Waals surface area contributed by atoms with Gasteiger partial charge in [-0.2, -0.15) is 13.2 Å². The summed E-state index contributed by atoms with van der Waals surface area (Å²) in [5, 5.41) is 13.7. The molecule has 216 valence electrons. The molecule has 0 heterocycles. The number of carbonyl (C=O) groups is 3. The van der Waals surface area contributed by atoms with Crippen LogP contribution < -0.4 is 10.6 Å². The minimum Gasteiger partial charge on any atom is -0.480 e. The summed E-state index contributed by atoms with van der Waals surface area (Å²) < 4.78 is 50.8. The van der Waals surface area contributed by atoms with Gasteiger partial charge in [-0.3, -0.25) is 4.79 Å². The zero-order valence-corrected chi connectivity index (χ0v) is 22.1. The summed E-state index contributed by atoms with van der Waals surface area (Å²) in [5.74, 6) is -3.19. The van der Waals surface area contributed by atoms with E-state index in [-0.39, 0.29) is 19.1 Å². The monoisotopic (exact) mass is 570 g/mol. The van der Waals surface area contributed by atoms with Gasteiger partial charge in [0, 0.05) is 5.92 Å². The molecule has 1 unspecified atom stereocenters. The maximum absolute atomic E-state index is 13.3. The maximum Gasteiger partial charge on any atom is 0.407 e. The van der Waals surface area contributed by atoms with Gasteiger partial charge in [0.2, 0.25) is 5.91 Å². The van der Waals surface area contributed by atoms with Crippen LogP contribution in [-0.2, 0) is 25.7 Å². The molecule has 3 aromatic carbocycles. The SMILES string of the molecule is C[C@@H](OCc1ccccc1)[C@H](NC(=O)C(CC(F)(F)F)NC(=O)OCC1c2ccccc2-c2ccccc21)C(=O)O. The van der Waals surface area contributed by atoms with E-state index in [0.717, 1.165) is 27.8 Å². The molecule has 0 fully saturated rings. The summed E-state index contributed by atoms with van der Waals surface area (Å²) in [7, 11) is 0. The lowest BCUT2D eigenvalue weighted by atomic mass is 9.98. The molecular formula is C30H29F3N2O6. The Kier molecular flexibility index (Phi) is 9.28. The lowest BCUT2D eigenvalue weighted by molar-refractivity contribution is -0.152. The zero-order valence-electron chi connectivity index (χ0n) is 22.1. The molecule has 0 radical (unpaired) electrons. The lowest BCUT2D eigenvalue weighted by Gasteiger charge is -2.25. The molecule has 0 aromatic heterocycles. The van der Waals surface area contributed by atoms with E-state index in [1.54, 1.807) is 30.3 Å². The van der Waals surface area contributed by atoms with Crippen molar-refractivity contribution < 1.29 is 42.1 Å². The van der Waals surface area contributed by atoms with E-state index in [1.165, 1.54) is 6.92 Å². The molecule has 41 heavy (non-hydrogen) atoms. The topological polar surface area (TPSA) is 114 Å². The molecular weight excluding hydrogens is 541 g/mol. The van der Waals surface area contributed by atoms with Crippen molar-refractivity contribution in [2.24, 2.45) is 0 Å². The lowest BCUT2D eigenvalue weighted by Crippen LogP contribution is -2.56. The van der Waals surface area contributed by atoms with E-state index >= 15 is 0 Å². The molecule has 0 aliphatic heterocycles. The molecule has 8 nitrogen and oxygen atoms in total. The number of ether oxygens (including phenoxy) is 2. The third kappa shape index (κ3) is 7.63. The molecule has 0 saturated carbocycles. The number of hydrogen-bond acceptors (Lipinski definition) is 5. The molecule has 3 atom stereocenters. The van der Waals surface area contributed by atoms with Crippen molar-refractivity contribution in [3.8, 4) is 11.1 Å². The Bertz CT molecular complexity index is 1340. The second kappa shape index (κ2) is 12.9. The fourth-order valence-electron chi connectivity index (χ4n) is 4.75. The number of carbonyl (C=O) groups excluding carboxylic acids is 2. The fourth-order valence-corrected chi connectivity index (χ4v) is 4.75. The van der Waals surface area contributed by atoms with Crippen LogP contribution in [-0.4, -0.2) is 54.0 Å². The number of benzene rings is 3. The van der Waals surface area contributed by atoms with Crippen LogP contribution in [0.4, 0.5) is 18.0 Å². The second-order valence-corrected chi connectivity index (χ2v) is 9.67. The van der Waals surface area contributed by atoms with Gasteiger partial charge in [-0.05, 0) is 34.7 Å². The Morgan fingerprint density at radius 3 is 2.00 bits per heavy atom. The highest BCUT2D eigenvalue weighted by molar-refractivity contribution is 5.89. The maximum atomic E-state index is 13.3. The predicted molar refractivity (Wildman–Crippen MR) is 143 cm³/mol. The number of aliphatic carboxylic acids is 1. The average molecular weight is 571 g/mol. The van der Waals surface area contributed by atoms with Gasteiger partial charge in [-0.1, -0.05) is 78.9 Å². The first-order chi connectivity index (χ1) is 19.5. The Balaban J connectivity index is 1.40. The molecule has 0 spiro atoms. The highest BCUT2D eigenvalue weighted by Gasteiger charge is 2.39. The standard InChI is InChI=1S/C30H29F3N2O6/c1-18(40-16-19-9-3-2-4-10-19)26(28(37)38)35-27(36)25(15-30(31,32)33)34-29(39)41-17-24-22-13-7-5-11-20(22)21-12-6-8-14-23(21)24/h2-14,18,24-26H,15-17H2,1H3,(H,34,39)(H,35,36)(H,37,38)/t18-,25?,26+/m1/s1. The Hall–Kier alpha value is -4.38. The quantitative estimate of drug-likeness (QED) is 0.298. The van der Waals surface area contributed by atoms with Crippen molar-refractivity contribution in [1.29, 1.82) is 0 Å². The van der Waals surface area contributed by atoms with E-state index in [9.17, 15) is 32.7 Å². The van der Waals surface area contributed by atoms with Crippen LogP contribution in [0.3, 0.4) is 0 Å². The number of halogens is 3. The van der Waals surface area contributed by atoms with Gasteiger partial charge in [0.1, 0.15) is 12.6 Å². The van der Waals surface area contributed by atoms with Crippen LogP contribution in [0, 0.1) is 0 Å². The number of nitrogens with one attached hydrogen (secondary N) is 2. The van der Waals surface area contributed by atoms with Crippen LogP contribution in [0.15, 0.2) is 78.9 Å². The fraction of sp³-hybridized carbons (Fsp3) is 0.300. The number of amides is 2. The van der Waals surface area contributed by atoms with E-state index in [4.69, 9.17) is 9.47 Å². The summed E-state index contributed by atoms with van der Waals surface area (Å²) in [6.45, 7) is 1.22. The van der Waals surface area contributed by atoms with Crippen molar-refractivity contribution in [3.05, 3.63) is 95.6 Å². The number of fused-ring (bicyclic) bond motifs is 3. The van der Waals surface area contributed by atoms with Crippen molar-refractivity contribution in [1.82, 2.24) is 10.6 Å². The van der Waals surface area contributed by atoms with Crippen LogP contribution in [0.5, 0.6) is 0 Å². The third-order valence-electron chi connectivity index (χ3n) is 6.78. The van der Waals surface area contributed by atoms with Gasteiger partial charge >= 0.3 is 18.2 Å². The molecule has 4 rings (SSSR count). The molecule has 3 aromatic rings. The molecule has 1 aliphatic carbocycles. The van der Waals surface area contributed by atoms with Crippen molar-refractivity contribution in [2.75, 3.05) is 6.61 Å². The van der Waals surface area contributed by atoms with E-state index in [0.29, 0.717) is 0 Å². The summed E-state index contributed by atoms with van der Waals surface area (Å²) in [6.07, 6.45) is -8.91. The molecule has 3 N–H and O–H groups in total. The number of carboxylic acid groups (broad SMARTS) is 1. The van der Waals surface area contributed by atoms with Gasteiger partial charge in [-0.15, -0.1) is 0 Å². The predicted octanol–water partition coefficient (Wildman–Crippen LogP) is 5.02. The number of hydrogen-bond donors (Lipinski definition) is 3. The minimum atomic E-state index is -4.84. The highest BCUT2D eigenvalue weighted by Crippen LogP contribution is 2.44. The molecule has 0 bridgehead atoms. The van der Waals surface area contributed by atoms with Crippen molar-refractivity contribution in [2.45, 2.75) is 50.2 Å². The van der Waals surface area contributed by atoms with Gasteiger partial charge in [0.25, 0.3) is 0 Å². The van der Waals surface area contributed by atoms with E-state index < -0.39 is 48.8 Å². The van der Waals surface area contributed by atoms with Crippen LogP contribution >= 0.6 is 0 Å². The molecule has 2 amide bonds. The minimum absolute atomic E-state index is 0.0195. The van der Waals surface area contributed by atoms with E-state index in [2.05, 4.69) is 5.32 Å². The average Bonchev–Trinajstić information content (AvgIpc) is 3.26. The Labute approximate surface area is 234 Å². The van der Waals surface area contributed by atoms with Crippen LogP contribution in [0.2, 0.25) is 0 Å². The number of carboxylic acids is 1. The Morgan fingerprint density at radius 2 is 1.44 bits per heavy atom. The Morgan fingerprint density at radius 1 is 0.878 bits per heavy atom. The summed E-state index contributed by atoms with van der Waals surface area (Å²) in [6, 6.07) is 20.1. The highest BCUT2D eigenvalue weighted by atomic mass is 19.4. The smallest absolute Gasteiger partial charge is 0.407 e.